The van der Waals surface area contributed by atoms with E-state index < -0.39 is 0 Å². The average molecular weight is 386 g/mol. The van der Waals surface area contributed by atoms with E-state index in [0.717, 1.165) is 42.3 Å². The third-order valence-corrected chi connectivity index (χ3v) is 5.15. The molecule has 1 saturated heterocycles. The van der Waals surface area contributed by atoms with Crippen LogP contribution in [0.1, 0.15) is 17.5 Å². The predicted octanol–water partition coefficient (Wildman–Crippen LogP) is 3.12. The minimum atomic E-state index is -0.251. The Hall–Kier alpha value is -2.60. The lowest BCUT2D eigenvalue weighted by Crippen LogP contribution is -2.48. The normalized spacial score (nSPS) is 14.8. The Morgan fingerprint density at radius 1 is 1.00 bits per heavy atom. The van der Waals surface area contributed by atoms with Crippen molar-refractivity contribution in [3.63, 3.8) is 0 Å². The van der Waals surface area contributed by atoms with Crippen molar-refractivity contribution in [1.82, 2.24) is 9.80 Å². The molecule has 1 heterocycles. The quantitative estimate of drug-likeness (QED) is 0.733. The number of hydrogen-bond acceptors (Lipinski definition) is 4. The molecule has 3 rings (SSSR count). The molecular formula is C22H27FN2O3. The van der Waals surface area contributed by atoms with E-state index in [4.69, 9.17) is 9.47 Å². The zero-order valence-electron chi connectivity index (χ0n) is 16.5. The molecule has 6 heteroatoms. The van der Waals surface area contributed by atoms with E-state index in [1.807, 2.05) is 23.1 Å². The van der Waals surface area contributed by atoms with E-state index in [1.54, 1.807) is 26.4 Å². The van der Waals surface area contributed by atoms with E-state index in [-0.39, 0.29) is 11.7 Å². The highest BCUT2D eigenvalue weighted by molar-refractivity contribution is 5.76. The van der Waals surface area contributed by atoms with Gasteiger partial charge in [-0.3, -0.25) is 9.69 Å². The second-order valence-corrected chi connectivity index (χ2v) is 6.96. The van der Waals surface area contributed by atoms with Gasteiger partial charge < -0.3 is 14.4 Å². The Morgan fingerprint density at radius 3 is 2.36 bits per heavy atom. The lowest BCUT2D eigenvalue weighted by Gasteiger charge is -2.35. The fourth-order valence-corrected chi connectivity index (χ4v) is 3.46. The molecule has 1 fully saturated rings. The Morgan fingerprint density at radius 2 is 1.71 bits per heavy atom. The summed E-state index contributed by atoms with van der Waals surface area (Å²) in [6.07, 6.45) is 1.09. The zero-order valence-corrected chi connectivity index (χ0v) is 16.5. The van der Waals surface area contributed by atoms with Crippen LogP contribution in [0.3, 0.4) is 0 Å². The van der Waals surface area contributed by atoms with Crippen molar-refractivity contribution in [2.24, 2.45) is 0 Å². The molecule has 0 atom stereocenters. The number of benzene rings is 2. The van der Waals surface area contributed by atoms with Gasteiger partial charge in [-0.15, -0.1) is 0 Å². The van der Waals surface area contributed by atoms with Gasteiger partial charge in [0.05, 0.1) is 14.2 Å². The summed E-state index contributed by atoms with van der Waals surface area (Å²) >= 11 is 0. The molecule has 2 aromatic rings. The number of ether oxygens (including phenoxy) is 2. The van der Waals surface area contributed by atoms with Crippen LogP contribution in [0.25, 0.3) is 0 Å². The molecule has 0 unspecified atom stereocenters. The Balaban J connectivity index is 1.49. The predicted molar refractivity (Wildman–Crippen MR) is 106 cm³/mol. The monoisotopic (exact) mass is 386 g/mol. The molecule has 1 aliphatic rings. The minimum Gasteiger partial charge on any atom is -0.497 e. The number of carbonyl (C=O) groups is 1. The van der Waals surface area contributed by atoms with Crippen LogP contribution >= 0.6 is 0 Å². The fourth-order valence-electron chi connectivity index (χ4n) is 3.46. The summed E-state index contributed by atoms with van der Waals surface area (Å²) < 4.78 is 23.7. The van der Waals surface area contributed by atoms with Crippen LogP contribution in [0.2, 0.25) is 0 Å². The summed E-state index contributed by atoms with van der Waals surface area (Å²) in [7, 11) is 3.32. The summed E-state index contributed by atoms with van der Waals surface area (Å²) in [5.74, 6) is 1.56. The topological polar surface area (TPSA) is 42.0 Å². The summed E-state index contributed by atoms with van der Waals surface area (Å²) in [5, 5.41) is 0. The van der Waals surface area contributed by atoms with Gasteiger partial charge in [0.25, 0.3) is 0 Å². The fraction of sp³-hybridized carbons (Fsp3) is 0.409. The van der Waals surface area contributed by atoms with Crippen LogP contribution in [-0.4, -0.2) is 56.1 Å². The maximum absolute atomic E-state index is 13.0. The molecule has 5 nitrogen and oxygen atoms in total. The molecule has 0 saturated carbocycles. The number of nitrogens with zero attached hydrogens (tertiary/aromatic N) is 2. The van der Waals surface area contributed by atoms with E-state index in [0.29, 0.717) is 25.9 Å². The summed E-state index contributed by atoms with van der Waals surface area (Å²) in [6, 6.07) is 12.2. The average Bonchev–Trinajstić information content (AvgIpc) is 2.73. The van der Waals surface area contributed by atoms with E-state index in [2.05, 4.69) is 4.90 Å². The first-order chi connectivity index (χ1) is 13.6. The van der Waals surface area contributed by atoms with Crippen LogP contribution in [0.5, 0.6) is 11.5 Å². The van der Waals surface area contributed by atoms with Gasteiger partial charge in [-0.2, -0.15) is 0 Å². The van der Waals surface area contributed by atoms with Gasteiger partial charge in [-0.25, -0.2) is 4.39 Å². The maximum atomic E-state index is 13.0. The molecule has 28 heavy (non-hydrogen) atoms. The van der Waals surface area contributed by atoms with Crippen LogP contribution in [-0.2, 0) is 17.8 Å². The van der Waals surface area contributed by atoms with Crippen LogP contribution < -0.4 is 9.47 Å². The number of aryl methyl sites for hydroxylation is 1. The van der Waals surface area contributed by atoms with Crippen molar-refractivity contribution in [2.75, 3.05) is 40.4 Å². The third kappa shape index (κ3) is 5.23. The highest BCUT2D eigenvalue weighted by atomic mass is 19.1. The summed E-state index contributed by atoms with van der Waals surface area (Å²) in [5.41, 5.74) is 2.07. The Kier molecular flexibility index (Phi) is 6.87. The first-order valence-corrected chi connectivity index (χ1v) is 9.54. The van der Waals surface area contributed by atoms with E-state index in [9.17, 15) is 9.18 Å². The molecule has 0 N–H and O–H groups in total. The molecule has 0 aromatic heterocycles. The van der Waals surface area contributed by atoms with Crippen molar-refractivity contribution in [3.05, 3.63) is 59.4 Å². The van der Waals surface area contributed by atoms with Crippen LogP contribution in [0.15, 0.2) is 42.5 Å². The Labute approximate surface area is 165 Å². The Bertz CT molecular complexity index is 787. The third-order valence-electron chi connectivity index (χ3n) is 5.15. The second kappa shape index (κ2) is 9.55. The van der Waals surface area contributed by atoms with Crippen molar-refractivity contribution in [2.45, 2.75) is 19.4 Å². The first kappa shape index (κ1) is 20.1. The number of amides is 1. The van der Waals surface area contributed by atoms with Crippen LogP contribution in [0.4, 0.5) is 4.39 Å². The molecule has 150 valence electrons. The van der Waals surface area contributed by atoms with Gasteiger partial charge in [0.15, 0.2) is 0 Å². The molecule has 0 spiro atoms. The first-order valence-electron chi connectivity index (χ1n) is 9.54. The number of rotatable bonds is 7. The number of piperazine rings is 1. The van der Waals surface area contributed by atoms with Crippen molar-refractivity contribution in [3.8, 4) is 11.5 Å². The molecule has 0 aliphatic carbocycles. The van der Waals surface area contributed by atoms with Gasteiger partial charge in [-0.1, -0.05) is 12.1 Å². The lowest BCUT2D eigenvalue weighted by atomic mass is 10.1. The number of hydrogen-bond donors (Lipinski definition) is 0. The van der Waals surface area contributed by atoms with Crippen molar-refractivity contribution >= 4 is 5.91 Å². The molecule has 0 radical (unpaired) electrons. The summed E-state index contributed by atoms with van der Waals surface area (Å²) in [4.78, 5) is 16.7. The minimum absolute atomic E-state index is 0.155. The SMILES string of the molecule is COc1ccc(OC)c(CN2CCN(C(=O)CCc3ccc(F)cc3)CC2)c1. The second-order valence-electron chi connectivity index (χ2n) is 6.96. The largest absolute Gasteiger partial charge is 0.497 e. The van der Waals surface area contributed by atoms with Gasteiger partial charge in [-0.05, 0) is 42.3 Å². The molecule has 1 aliphatic heterocycles. The molecular weight excluding hydrogens is 359 g/mol. The van der Waals surface area contributed by atoms with E-state index in [1.165, 1.54) is 12.1 Å². The van der Waals surface area contributed by atoms with Gasteiger partial charge in [0, 0.05) is 44.7 Å². The van der Waals surface area contributed by atoms with Gasteiger partial charge in [0.2, 0.25) is 5.91 Å². The molecule has 0 bridgehead atoms. The molecule has 2 aromatic carbocycles. The highest BCUT2D eigenvalue weighted by Gasteiger charge is 2.21. The van der Waals surface area contributed by atoms with Gasteiger partial charge in [0.1, 0.15) is 17.3 Å². The zero-order chi connectivity index (χ0) is 19.9. The van der Waals surface area contributed by atoms with Crippen molar-refractivity contribution in [1.29, 1.82) is 0 Å². The molecule has 1 amide bonds. The number of halogens is 1. The highest BCUT2D eigenvalue weighted by Crippen LogP contribution is 2.25. The number of methoxy groups -OCH3 is 2. The standard InChI is InChI=1S/C22H27FN2O3/c1-27-20-8-9-21(28-2)18(15-20)16-24-11-13-25(14-12-24)22(26)10-5-17-3-6-19(23)7-4-17/h3-4,6-9,15H,5,10-14,16H2,1-2H3. The maximum Gasteiger partial charge on any atom is 0.222 e. The van der Waals surface area contributed by atoms with Gasteiger partial charge >= 0.3 is 0 Å². The number of carbonyl (C=O) groups excluding carboxylic acids is 1. The smallest absolute Gasteiger partial charge is 0.222 e. The van der Waals surface area contributed by atoms with Crippen LogP contribution in [0, 0.1) is 5.82 Å². The summed E-state index contributed by atoms with van der Waals surface area (Å²) in [6.45, 7) is 3.84. The van der Waals surface area contributed by atoms with E-state index >= 15 is 0 Å². The lowest BCUT2D eigenvalue weighted by molar-refractivity contribution is -0.133. The van der Waals surface area contributed by atoms with Crippen molar-refractivity contribution < 1.29 is 18.7 Å².